The Bertz CT molecular complexity index is 1240. The molecule has 142 valence electrons. The summed E-state index contributed by atoms with van der Waals surface area (Å²) in [5.41, 5.74) is 2.66. The van der Waals surface area contributed by atoms with Crippen LogP contribution in [0.4, 0.5) is 10.1 Å². The van der Waals surface area contributed by atoms with Gasteiger partial charge in [-0.3, -0.25) is 8.71 Å². The van der Waals surface area contributed by atoms with E-state index in [0.717, 1.165) is 11.1 Å². The van der Waals surface area contributed by atoms with Gasteiger partial charge >= 0.3 is 0 Å². The number of benzene rings is 2. The lowest BCUT2D eigenvalue weighted by atomic mass is 10.1. The Kier molecular flexibility index (Phi) is 4.56. The summed E-state index contributed by atoms with van der Waals surface area (Å²) in [6, 6.07) is 16.2. The van der Waals surface area contributed by atoms with Crippen molar-refractivity contribution in [2.45, 2.75) is 18.4 Å². The van der Waals surface area contributed by atoms with E-state index in [-0.39, 0.29) is 17.1 Å². The van der Waals surface area contributed by atoms with Crippen molar-refractivity contribution in [3.63, 3.8) is 0 Å². The highest BCUT2D eigenvalue weighted by molar-refractivity contribution is 7.92. The van der Waals surface area contributed by atoms with E-state index in [1.54, 1.807) is 12.1 Å². The molecule has 0 unspecified atom stereocenters. The maximum absolute atomic E-state index is 13.8. The summed E-state index contributed by atoms with van der Waals surface area (Å²) in [6.45, 7) is 2.03. The fourth-order valence-corrected chi connectivity index (χ4v) is 4.34. The number of anilines is 1. The van der Waals surface area contributed by atoms with Gasteiger partial charge in [-0.2, -0.15) is 0 Å². The van der Waals surface area contributed by atoms with Gasteiger partial charge in [0.15, 0.2) is 5.65 Å². The van der Waals surface area contributed by atoms with Crippen molar-refractivity contribution in [1.82, 2.24) is 14.6 Å². The monoisotopic (exact) mass is 396 g/mol. The van der Waals surface area contributed by atoms with Crippen LogP contribution in [-0.4, -0.2) is 23.0 Å². The minimum atomic E-state index is -3.96. The summed E-state index contributed by atoms with van der Waals surface area (Å²) in [5.74, 6) is -0.504. The Morgan fingerprint density at radius 2 is 1.86 bits per heavy atom. The molecule has 28 heavy (non-hydrogen) atoms. The summed E-state index contributed by atoms with van der Waals surface area (Å²) in [5, 5.41) is 7.66. The predicted octanol–water partition coefficient (Wildman–Crippen LogP) is 3.57. The number of hydrogen-bond acceptors (Lipinski definition) is 4. The molecule has 0 N–H and O–H groups in total. The number of pyridine rings is 1. The lowest BCUT2D eigenvalue weighted by molar-refractivity contribution is 0.589. The topological polar surface area (TPSA) is 67.6 Å². The van der Waals surface area contributed by atoms with Crippen LogP contribution in [0.2, 0.25) is 0 Å². The van der Waals surface area contributed by atoms with Gasteiger partial charge in [0.05, 0.1) is 12.2 Å². The molecule has 0 saturated carbocycles. The lowest BCUT2D eigenvalue weighted by Gasteiger charge is -2.25. The van der Waals surface area contributed by atoms with Crippen molar-refractivity contribution in [3.05, 3.63) is 90.1 Å². The second kappa shape index (κ2) is 7.05. The third-order valence-electron chi connectivity index (χ3n) is 4.39. The highest BCUT2D eigenvalue weighted by Gasteiger charge is 2.26. The molecular weight excluding hydrogens is 379 g/mol. The molecule has 0 atom stereocenters. The standard InChI is InChI=1S/C20H17FN4O2S/c1-15-5-7-16(8-6-15)12-25(18-4-2-3-17(21)11-18)28(26,27)19-9-10-20-23-22-14-24(20)13-19/h2-11,13-14H,12H2,1H3. The van der Waals surface area contributed by atoms with Crippen LogP contribution in [0.5, 0.6) is 0 Å². The molecule has 0 saturated heterocycles. The quantitative estimate of drug-likeness (QED) is 0.517. The highest BCUT2D eigenvalue weighted by atomic mass is 32.2. The zero-order chi connectivity index (χ0) is 19.7. The van der Waals surface area contributed by atoms with Crippen molar-refractivity contribution in [2.75, 3.05) is 4.31 Å². The minimum absolute atomic E-state index is 0.0659. The molecule has 6 nitrogen and oxygen atoms in total. The van der Waals surface area contributed by atoms with E-state index >= 15 is 0 Å². The Balaban J connectivity index is 1.81. The molecule has 4 aromatic rings. The van der Waals surface area contributed by atoms with Crippen molar-refractivity contribution < 1.29 is 12.8 Å². The van der Waals surface area contributed by atoms with E-state index in [1.807, 2.05) is 31.2 Å². The summed E-state index contributed by atoms with van der Waals surface area (Å²) in [4.78, 5) is 0.0659. The van der Waals surface area contributed by atoms with Crippen LogP contribution in [0, 0.1) is 12.7 Å². The molecule has 4 rings (SSSR count). The first-order valence-corrected chi connectivity index (χ1v) is 10.0. The molecule has 2 aromatic carbocycles. The molecule has 0 aliphatic heterocycles. The number of sulfonamides is 1. The first-order valence-electron chi connectivity index (χ1n) is 8.57. The fraction of sp³-hybridized carbons (Fsp3) is 0.100. The van der Waals surface area contributed by atoms with Crippen LogP contribution in [-0.2, 0) is 16.6 Å². The second-order valence-corrected chi connectivity index (χ2v) is 8.30. The van der Waals surface area contributed by atoms with Gasteiger partial charge in [-0.05, 0) is 42.8 Å². The van der Waals surface area contributed by atoms with Gasteiger partial charge in [-0.1, -0.05) is 35.9 Å². The smallest absolute Gasteiger partial charge is 0.266 e. The van der Waals surface area contributed by atoms with Crippen molar-refractivity contribution >= 4 is 21.4 Å². The third kappa shape index (κ3) is 3.46. The Labute approximate surface area is 161 Å². The summed E-state index contributed by atoms with van der Waals surface area (Å²) in [7, 11) is -3.96. The van der Waals surface area contributed by atoms with Crippen LogP contribution in [0.3, 0.4) is 0 Å². The third-order valence-corrected chi connectivity index (χ3v) is 6.15. The van der Waals surface area contributed by atoms with Crippen molar-refractivity contribution in [1.29, 1.82) is 0 Å². The second-order valence-electron chi connectivity index (χ2n) is 6.44. The highest BCUT2D eigenvalue weighted by Crippen LogP contribution is 2.27. The van der Waals surface area contributed by atoms with Crippen molar-refractivity contribution in [2.24, 2.45) is 0 Å². The molecular formula is C20H17FN4O2S. The number of fused-ring (bicyclic) bond motifs is 1. The van der Waals surface area contributed by atoms with E-state index in [0.29, 0.717) is 5.65 Å². The van der Waals surface area contributed by atoms with Gasteiger partial charge in [-0.25, -0.2) is 12.8 Å². The number of hydrogen-bond donors (Lipinski definition) is 0. The SMILES string of the molecule is Cc1ccc(CN(c2cccc(F)c2)S(=O)(=O)c2ccc3nncn3c2)cc1. The van der Waals surface area contributed by atoms with Crippen LogP contribution >= 0.6 is 0 Å². The average Bonchev–Trinajstić information content (AvgIpc) is 3.15. The van der Waals surface area contributed by atoms with E-state index in [9.17, 15) is 12.8 Å². The fourth-order valence-electron chi connectivity index (χ4n) is 2.89. The average molecular weight is 396 g/mol. The van der Waals surface area contributed by atoms with Crippen molar-refractivity contribution in [3.8, 4) is 0 Å². The van der Waals surface area contributed by atoms with Crippen LogP contribution in [0.1, 0.15) is 11.1 Å². The molecule has 8 heteroatoms. The van der Waals surface area contributed by atoms with Gasteiger partial charge < -0.3 is 0 Å². The Morgan fingerprint density at radius 3 is 2.61 bits per heavy atom. The largest absolute Gasteiger partial charge is 0.288 e. The maximum Gasteiger partial charge on any atom is 0.266 e. The normalized spacial score (nSPS) is 11.6. The van der Waals surface area contributed by atoms with Crippen LogP contribution in [0.15, 0.2) is 78.1 Å². The Morgan fingerprint density at radius 1 is 1.07 bits per heavy atom. The summed E-state index contributed by atoms with van der Waals surface area (Å²) < 4.78 is 43.4. The molecule has 0 fully saturated rings. The van der Waals surface area contributed by atoms with Crippen LogP contribution in [0.25, 0.3) is 5.65 Å². The van der Waals surface area contributed by atoms with Crippen LogP contribution < -0.4 is 4.31 Å². The molecule has 0 radical (unpaired) electrons. The summed E-state index contributed by atoms with van der Waals surface area (Å²) in [6.07, 6.45) is 2.88. The lowest BCUT2D eigenvalue weighted by Crippen LogP contribution is -2.30. The van der Waals surface area contributed by atoms with E-state index in [2.05, 4.69) is 10.2 Å². The molecule has 2 heterocycles. The summed E-state index contributed by atoms with van der Waals surface area (Å²) >= 11 is 0. The molecule has 0 aliphatic carbocycles. The van der Waals surface area contributed by atoms with E-state index in [4.69, 9.17) is 0 Å². The van der Waals surface area contributed by atoms with E-state index < -0.39 is 15.8 Å². The first-order chi connectivity index (χ1) is 13.4. The first kappa shape index (κ1) is 18.1. The number of aryl methyl sites for hydroxylation is 1. The zero-order valence-corrected chi connectivity index (χ0v) is 15.8. The zero-order valence-electron chi connectivity index (χ0n) is 15.0. The number of halogens is 1. The number of rotatable bonds is 5. The molecule has 0 aliphatic rings. The maximum atomic E-state index is 13.8. The van der Waals surface area contributed by atoms with E-state index in [1.165, 1.54) is 45.5 Å². The van der Waals surface area contributed by atoms with Gasteiger partial charge in [0.1, 0.15) is 17.0 Å². The van der Waals surface area contributed by atoms with Gasteiger partial charge in [0.2, 0.25) is 0 Å². The number of aromatic nitrogens is 3. The molecule has 0 bridgehead atoms. The molecule has 0 spiro atoms. The number of nitrogens with zero attached hydrogens (tertiary/aromatic N) is 4. The minimum Gasteiger partial charge on any atom is -0.288 e. The van der Waals surface area contributed by atoms with Gasteiger partial charge in [-0.15, -0.1) is 10.2 Å². The molecule has 0 amide bonds. The predicted molar refractivity (Wildman–Crippen MR) is 104 cm³/mol. The molecule has 2 aromatic heterocycles. The Hall–Kier alpha value is -3.26. The van der Waals surface area contributed by atoms with Gasteiger partial charge in [0.25, 0.3) is 10.0 Å². The van der Waals surface area contributed by atoms with Gasteiger partial charge in [0, 0.05) is 6.20 Å².